The van der Waals surface area contributed by atoms with E-state index in [1.54, 1.807) is 12.1 Å². The molecule has 0 fully saturated rings. The van der Waals surface area contributed by atoms with Gasteiger partial charge in [-0.15, -0.1) is 0 Å². The van der Waals surface area contributed by atoms with Crippen LogP contribution in [0.4, 0.5) is 0 Å². The Kier molecular flexibility index (Phi) is 4.93. The van der Waals surface area contributed by atoms with Crippen LogP contribution in [0, 0.1) is 0 Å². The molecule has 1 aromatic heterocycles. The zero-order chi connectivity index (χ0) is 21.8. The van der Waals surface area contributed by atoms with Crippen LogP contribution in [0.1, 0.15) is 0 Å². The average molecular weight is 468 g/mol. The molecular weight excluding hydrogens is 452 g/mol. The van der Waals surface area contributed by atoms with Gasteiger partial charge in [-0.1, -0.05) is 59.6 Å². The number of halogens is 2. The molecule has 2 N–H and O–H groups in total. The molecule has 0 aliphatic heterocycles. The Morgan fingerprint density at radius 2 is 1.10 bits per heavy atom. The number of fused-ring (bicyclic) bond motifs is 3. The second kappa shape index (κ2) is 7.52. The van der Waals surface area contributed by atoms with Crippen molar-refractivity contribution in [3.8, 4) is 16.8 Å². The lowest BCUT2D eigenvalue weighted by Gasteiger charge is -2.10. The van der Waals surface area contributed by atoms with E-state index in [9.17, 15) is 14.4 Å². The largest absolute Gasteiger partial charge is 0.356 e. The van der Waals surface area contributed by atoms with Crippen LogP contribution in [-0.2, 0) is 4.57 Å². The van der Waals surface area contributed by atoms with Gasteiger partial charge in [-0.05, 0) is 59.7 Å². The predicted molar refractivity (Wildman–Crippen MR) is 128 cm³/mol. The highest BCUT2D eigenvalue weighted by Crippen LogP contribution is 2.36. The number of benzene rings is 4. The number of rotatable bonds is 3. The second-order valence-corrected chi connectivity index (χ2v) is 9.77. The lowest BCUT2D eigenvalue weighted by molar-refractivity contribution is 0.387. The molecule has 0 unspecified atom stereocenters. The van der Waals surface area contributed by atoms with Gasteiger partial charge >= 0.3 is 7.60 Å². The summed E-state index contributed by atoms with van der Waals surface area (Å²) in [5, 5.41) is 3.50. The van der Waals surface area contributed by atoms with Crippen molar-refractivity contribution < 1.29 is 14.4 Å². The highest BCUT2D eigenvalue weighted by molar-refractivity contribution is 7.60. The van der Waals surface area contributed by atoms with Crippen LogP contribution in [0.2, 0.25) is 10.0 Å². The molecule has 0 saturated carbocycles. The Morgan fingerprint density at radius 3 is 1.55 bits per heavy atom. The topological polar surface area (TPSA) is 62.5 Å². The van der Waals surface area contributed by atoms with Gasteiger partial charge in [-0.25, -0.2) is 0 Å². The highest BCUT2D eigenvalue weighted by Gasteiger charge is 2.17. The number of aromatic nitrogens is 1. The van der Waals surface area contributed by atoms with Crippen molar-refractivity contribution >= 4 is 57.9 Å². The van der Waals surface area contributed by atoms with Crippen LogP contribution in [0.25, 0.3) is 38.6 Å². The van der Waals surface area contributed by atoms with Gasteiger partial charge in [0.2, 0.25) is 0 Å². The third kappa shape index (κ3) is 3.67. The maximum Gasteiger partial charge on any atom is 0.356 e. The van der Waals surface area contributed by atoms with E-state index < -0.39 is 7.60 Å². The summed E-state index contributed by atoms with van der Waals surface area (Å²) in [7, 11) is -4.25. The molecule has 4 nitrogen and oxygen atoms in total. The predicted octanol–water partition coefficient (Wildman–Crippen LogP) is 6.56. The van der Waals surface area contributed by atoms with E-state index >= 15 is 0 Å². The molecule has 5 rings (SSSR count). The smallest absolute Gasteiger partial charge is 0.321 e. The zero-order valence-electron chi connectivity index (χ0n) is 16.0. The van der Waals surface area contributed by atoms with Crippen molar-refractivity contribution in [1.82, 2.24) is 4.57 Å². The summed E-state index contributed by atoms with van der Waals surface area (Å²) < 4.78 is 13.5. The summed E-state index contributed by atoms with van der Waals surface area (Å²) in [4.78, 5) is 18.6. The van der Waals surface area contributed by atoms with Crippen LogP contribution in [0.15, 0.2) is 84.9 Å². The SMILES string of the molecule is O=P(O)(O)c1ccc(-c2ccc(-n3c4cc(Cl)ccc4c4ccc(Cl)cc43)cc2)cc1. The molecule has 7 heteroatoms. The van der Waals surface area contributed by atoms with Crippen LogP contribution in [0.5, 0.6) is 0 Å². The number of hydrogen-bond donors (Lipinski definition) is 2. The molecule has 4 aromatic carbocycles. The quantitative estimate of drug-likeness (QED) is 0.295. The van der Waals surface area contributed by atoms with Crippen LogP contribution < -0.4 is 5.30 Å². The normalized spacial score (nSPS) is 12.0. The summed E-state index contributed by atoms with van der Waals surface area (Å²) in [5.74, 6) is 0. The molecule has 0 radical (unpaired) electrons. The molecule has 154 valence electrons. The summed E-state index contributed by atoms with van der Waals surface area (Å²) in [6.07, 6.45) is 0. The Labute approximate surface area is 188 Å². The molecule has 1 heterocycles. The maximum atomic E-state index is 11.4. The first-order valence-corrected chi connectivity index (χ1v) is 11.8. The van der Waals surface area contributed by atoms with Crippen molar-refractivity contribution in [2.45, 2.75) is 0 Å². The number of nitrogens with zero attached hydrogens (tertiary/aromatic N) is 1. The molecule has 0 aliphatic rings. The lowest BCUT2D eigenvalue weighted by Crippen LogP contribution is -2.02. The van der Waals surface area contributed by atoms with E-state index in [0.29, 0.717) is 10.0 Å². The fourth-order valence-electron chi connectivity index (χ4n) is 3.89. The van der Waals surface area contributed by atoms with Gasteiger partial charge in [0.15, 0.2) is 0 Å². The average Bonchev–Trinajstić information content (AvgIpc) is 3.05. The van der Waals surface area contributed by atoms with Crippen LogP contribution >= 0.6 is 30.8 Å². The lowest BCUT2D eigenvalue weighted by atomic mass is 10.1. The summed E-state index contributed by atoms with van der Waals surface area (Å²) in [6, 6.07) is 26.0. The molecular formula is C24H16Cl2NO3P. The molecule has 0 amide bonds. The van der Waals surface area contributed by atoms with E-state index in [1.165, 1.54) is 12.1 Å². The van der Waals surface area contributed by atoms with E-state index in [0.717, 1.165) is 38.6 Å². The molecule has 0 spiro atoms. The van der Waals surface area contributed by atoms with E-state index in [1.807, 2.05) is 60.7 Å². The van der Waals surface area contributed by atoms with E-state index in [4.69, 9.17) is 23.2 Å². The minimum absolute atomic E-state index is 0.00640. The Hall–Kier alpha value is -2.59. The third-order valence-electron chi connectivity index (χ3n) is 5.35. The minimum atomic E-state index is -4.25. The Morgan fingerprint density at radius 1 is 0.645 bits per heavy atom. The van der Waals surface area contributed by atoms with Crippen molar-refractivity contribution in [1.29, 1.82) is 0 Å². The second-order valence-electron chi connectivity index (χ2n) is 7.30. The summed E-state index contributed by atoms with van der Waals surface area (Å²) in [6.45, 7) is 0. The van der Waals surface area contributed by atoms with Gasteiger partial charge in [0, 0.05) is 26.5 Å². The van der Waals surface area contributed by atoms with Crippen LogP contribution in [-0.4, -0.2) is 14.4 Å². The molecule has 5 aromatic rings. The van der Waals surface area contributed by atoms with Crippen molar-refractivity contribution in [2.24, 2.45) is 0 Å². The first-order chi connectivity index (χ1) is 14.8. The summed E-state index contributed by atoms with van der Waals surface area (Å²) in [5.41, 5.74) is 4.75. The van der Waals surface area contributed by atoms with E-state index in [2.05, 4.69) is 4.57 Å². The molecule has 0 atom stereocenters. The first kappa shape index (κ1) is 20.3. The van der Waals surface area contributed by atoms with Gasteiger partial charge in [-0.3, -0.25) is 4.57 Å². The first-order valence-electron chi connectivity index (χ1n) is 9.47. The monoisotopic (exact) mass is 467 g/mol. The zero-order valence-corrected chi connectivity index (χ0v) is 18.4. The molecule has 0 aliphatic carbocycles. The standard InChI is InChI=1S/C24H16Cl2NO3P/c25-17-5-11-21-22-12-6-18(26)14-24(22)27(23(21)13-17)19-7-1-15(2-8-19)16-3-9-20(10-4-16)31(28,29)30/h1-14H,(H2,28,29,30). The minimum Gasteiger partial charge on any atom is -0.321 e. The van der Waals surface area contributed by atoms with Gasteiger partial charge < -0.3 is 14.4 Å². The maximum absolute atomic E-state index is 11.4. The van der Waals surface area contributed by atoms with Gasteiger partial charge in [0.05, 0.1) is 16.3 Å². The van der Waals surface area contributed by atoms with Crippen molar-refractivity contribution in [3.05, 3.63) is 95.0 Å². The molecule has 0 bridgehead atoms. The highest BCUT2D eigenvalue weighted by atomic mass is 35.5. The van der Waals surface area contributed by atoms with Crippen molar-refractivity contribution in [3.63, 3.8) is 0 Å². The van der Waals surface area contributed by atoms with Gasteiger partial charge in [0.25, 0.3) is 0 Å². The molecule has 31 heavy (non-hydrogen) atoms. The van der Waals surface area contributed by atoms with Crippen molar-refractivity contribution in [2.75, 3.05) is 0 Å². The number of hydrogen-bond acceptors (Lipinski definition) is 1. The van der Waals surface area contributed by atoms with E-state index in [-0.39, 0.29) is 5.30 Å². The Bertz CT molecular complexity index is 1430. The van der Waals surface area contributed by atoms with Gasteiger partial charge in [-0.2, -0.15) is 0 Å². The molecule has 0 saturated heterocycles. The third-order valence-corrected chi connectivity index (χ3v) is 6.80. The van der Waals surface area contributed by atoms with Crippen LogP contribution in [0.3, 0.4) is 0 Å². The summed E-state index contributed by atoms with van der Waals surface area (Å²) >= 11 is 12.6. The van der Waals surface area contributed by atoms with Gasteiger partial charge in [0.1, 0.15) is 0 Å². The fraction of sp³-hybridized carbons (Fsp3) is 0. The fourth-order valence-corrected chi connectivity index (χ4v) is 4.76. The Balaban J connectivity index is 1.63.